The molecule has 8 nitrogen and oxygen atoms in total. The molecule has 0 bridgehead atoms. The number of carbonyl (C=O) groups excluding carboxylic acids is 2. The molecule has 2 rings (SSSR count). The van der Waals surface area contributed by atoms with E-state index in [4.69, 9.17) is 21.1 Å². The summed E-state index contributed by atoms with van der Waals surface area (Å²) in [6.45, 7) is 5.81. The SMILES string of the molecule is Cc1ccc([N+](=O)[O-])c(NC(=O)COC(=O)C(C)(C)Oc2ccc(Cl)cc2)c1C. The Morgan fingerprint density at radius 3 is 2.34 bits per heavy atom. The van der Waals surface area contributed by atoms with E-state index < -0.39 is 29.0 Å². The number of ether oxygens (including phenoxy) is 2. The molecule has 0 aliphatic rings. The molecule has 0 unspecified atom stereocenters. The van der Waals surface area contributed by atoms with E-state index in [0.29, 0.717) is 16.3 Å². The van der Waals surface area contributed by atoms with Crippen LogP contribution in [0.1, 0.15) is 25.0 Å². The smallest absolute Gasteiger partial charge is 0.350 e. The van der Waals surface area contributed by atoms with Crippen molar-refractivity contribution >= 4 is 34.9 Å². The van der Waals surface area contributed by atoms with Gasteiger partial charge in [-0.3, -0.25) is 14.9 Å². The van der Waals surface area contributed by atoms with Crippen LogP contribution in [0.2, 0.25) is 5.02 Å². The largest absolute Gasteiger partial charge is 0.476 e. The summed E-state index contributed by atoms with van der Waals surface area (Å²) in [5.41, 5.74) is -0.183. The summed E-state index contributed by atoms with van der Waals surface area (Å²) in [6.07, 6.45) is 0. The fourth-order valence-electron chi connectivity index (χ4n) is 2.43. The quantitative estimate of drug-likeness (QED) is 0.408. The molecule has 0 aliphatic heterocycles. The predicted octanol–water partition coefficient (Wildman–Crippen LogP) is 4.20. The number of nitrogens with zero attached hydrogens (tertiary/aromatic N) is 1. The van der Waals surface area contributed by atoms with E-state index in [-0.39, 0.29) is 11.4 Å². The molecule has 0 saturated carbocycles. The molecule has 0 aromatic heterocycles. The van der Waals surface area contributed by atoms with Gasteiger partial charge in [0.1, 0.15) is 11.4 Å². The molecule has 0 atom stereocenters. The number of amides is 1. The van der Waals surface area contributed by atoms with Gasteiger partial charge in [-0.1, -0.05) is 17.7 Å². The third kappa shape index (κ3) is 5.68. The van der Waals surface area contributed by atoms with E-state index >= 15 is 0 Å². The van der Waals surface area contributed by atoms with Crippen LogP contribution in [-0.2, 0) is 14.3 Å². The first-order valence-corrected chi connectivity index (χ1v) is 9.05. The third-order valence-corrected chi connectivity index (χ3v) is 4.44. The van der Waals surface area contributed by atoms with E-state index in [1.54, 1.807) is 44.2 Å². The van der Waals surface area contributed by atoms with Crippen molar-refractivity contribution in [2.75, 3.05) is 11.9 Å². The highest BCUT2D eigenvalue weighted by molar-refractivity contribution is 6.30. The van der Waals surface area contributed by atoms with Gasteiger partial charge in [0.25, 0.3) is 11.6 Å². The van der Waals surface area contributed by atoms with Gasteiger partial charge in [-0.05, 0) is 63.1 Å². The summed E-state index contributed by atoms with van der Waals surface area (Å²) in [5, 5.41) is 14.2. The fraction of sp³-hybridized carbons (Fsp3) is 0.300. The van der Waals surface area contributed by atoms with E-state index in [1.807, 2.05) is 0 Å². The van der Waals surface area contributed by atoms with Gasteiger partial charge in [0, 0.05) is 11.1 Å². The zero-order valence-electron chi connectivity index (χ0n) is 16.4. The van der Waals surface area contributed by atoms with Crippen LogP contribution < -0.4 is 10.1 Å². The number of esters is 1. The number of anilines is 1. The number of nitro groups is 1. The Labute approximate surface area is 172 Å². The fourth-order valence-corrected chi connectivity index (χ4v) is 2.56. The van der Waals surface area contributed by atoms with Gasteiger partial charge in [0.15, 0.2) is 12.2 Å². The summed E-state index contributed by atoms with van der Waals surface area (Å²) >= 11 is 5.81. The molecule has 0 saturated heterocycles. The van der Waals surface area contributed by atoms with Crippen molar-refractivity contribution < 1.29 is 24.0 Å². The second-order valence-corrected chi connectivity index (χ2v) is 7.29. The molecule has 0 heterocycles. The van der Waals surface area contributed by atoms with Crippen molar-refractivity contribution in [3.8, 4) is 5.75 Å². The lowest BCUT2D eigenvalue weighted by atomic mass is 10.1. The standard InChI is InChI=1S/C20H21ClN2O6/c1-12-5-10-16(23(26)27)18(13(12)2)22-17(24)11-28-19(25)20(3,4)29-15-8-6-14(21)7-9-15/h5-10H,11H2,1-4H3,(H,22,24). The van der Waals surface area contributed by atoms with Crippen molar-refractivity contribution in [1.82, 2.24) is 0 Å². The lowest BCUT2D eigenvalue weighted by molar-refractivity contribution is -0.384. The van der Waals surface area contributed by atoms with Crippen molar-refractivity contribution in [3.05, 3.63) is 62.7 Å². The maximum Gasteiger partial charge on any atom is 0.350 e. The Kier molecular flexibility index (Phi) is 6.81. The number of halogens is 1. The Morgan fingerprint density at radius 1 is 1.14 bits per heavy atom. The lowest BCUT2D eigenvalue weighted by Crippen LogP contribution is -2.41. The molecule has 1 N–H and O–H groups in total. The van der Waals surface area contributed by atoms with Gasteiger partial charge >= 0.3 is 5.97 Å². The van der Waals surface area contributed by atoms with Crippen LogP contribution in [0.4, 0.5) is 11.4 Å². The summed E-state index contributed by atoms with van der Waals surface area (Å²) in [7, 11) is 0. The Hall–Kier alpha value is -3.13. The molecule has 0 fully saturated rings. The number of aryl methyl sites for hydroxylation is 1. The first kappa shape index (κ1) is 22.2. The molecule has 0 aliphatic carbocycles. The molecule has 0 spiro atoms. The summed E-state index contributed by atoms with van der Waals surface area (Å²) < 4.78 is 10.6. The number of benzene rings is 2. The Morgan fingerprint density at radius 2 is 1.76 bits per heavy atom. The number of hydrogen-bond acceptors (Lipinski definition) is 6. The molecule has 154 valence electrons. The summed E-state index contributed by atoms with van der Waals surface area (Å²) in [5.74, 6) is -1.05. The number of nitro benzene ring substituents is 1. The van der Waals surface area contributed by atoms with Gasteiger partial charge in [0.05, 0.1) is 4.92 Å². The minimum atomic E-state index is -1.36. The van der Waals surface area contributed by atoms with Crippen LogP contribution >= 0.6 is 11.6 Å². The second kappa shape index (κ2) is 8.91. The molecule has 1 amide bonds. The molecule has 2 aromatic carbocycles. The Bertz CT molecular complexity index is 941. The highest BCUT2D eigenvalue weighted by Gasteiger charge is 2.32. The first-order valence-electron chi connectivity index (χ1n) is 8.67. The van der Waals surface area contributed by atoms with E-state index in [9.17, 15) is 19.7 Å². The van der Waals surface area contributed by atoms with Crippen LogP contribution in [-0.4, -0.2) is 29.0 Å². The third-order valence-electron chi connectivity index (χ3n) is 4.19. The zero-order chi connectivity index (χ0) is 21.8. The number of rotatable bonds is 7. The Balaban J connectivity index is 2.01. The average Bonchev–Trinajstić information content (AvgIpc) is 2.65. The van der Waals surface area contributed by atoms with Crippen molar-refractivity contribution in [2.24, 2.45) is 0 Å². The van der Waals surface area contributed by atoms with E-state index in [1.165, 1.54) is 19.9 Å². The normalized spacial score (nSPS) is 10.9. The lowest BCUT2D eigenvalue weighted by Gasteiger charge is -2.24. The summed E-state index contributed by atoms with van der Waals surface area (Å²) in [4.78, 5) is 35.2. The predicted molar refractivity (Wildman–Crippen MR) is 108 cm³/mol. The first-order chi connectivity index (χ1) is 13.5. The van der Waals surface area contributed by atoms with Crippen molar-refractivity contribution in [1.29, 1.82) is 0 Å². The summed E-state index contributed by atoms with van der Waals surface area (Å²) in [6, 6.07) is 9.34. The monoisotopic (exact) mass is 420 g/mol. The van der Waals surface area contributed by atoms with Crippen LogP contribution in [0.3, 0.4) is 0 Å². The molecule has 9 heteroatoms. The van der Waals surface area contributed by atoms with Gasteiger partial charge in [0.2, 0.25) is 0 Å². The molecule has 0 radical (unpaired) electrons. The van der Waals surface area contributed by atoms with Gasteiger partial charge in [-0.15, -0.1) is 0 Å². The van der Waals surface area contributed by atoms with Gasteiger partial charge in [-0.2, -0.15) is 0 Å². The maximum absolute atomic E-state index is 12.3. The average molecular weight is 421 g/mol. The number of carbonyl (C=O) groups is 2. The van der Waals surface area contributed by atoms with Crippen LogP contribution in [0.15, 0.2) is 36.4 Å². The minimum absolute atomic E-state index is 0.0766. The minimum Gasteiger partial charge on any atom is -0.476 e. The maximum atomic E-state index is 12.3. The molecular formula is C20H21ClN2O6. The van der Waals surface area contributed by atoms with E-state index in [2.05, 4.69) is 5.32 Å². The second-order valence-electron chi connectivity index (χ2n) is 6.85. The van der Waals surface area contributed by atoms with Crippen LogP contribution in [0.5, 0.6) is 5.75 Å². The topological polar surface area (TPSA) is 108 Å². The van der Waals surface area contributed by atoms with E-state index in [0.717, 1.165) is 5.56 Å². The van der Waals surface area contributed by atoms with Crippen LogP contribution in [0.25, 0.3) is 0 Å². The van der Waals surface area contributed by atoms with Crippen molar-refractivity contribution in [2.45, 2.75) is 33.3 Å². The van der Waals surface area contributed by atoms with Gasteiger partial charge < -0.3 is 14.8 Å². The molecular weight excluding hydrogens is 400 g/mol. The van der Waals surface area contributed by atoms with Gasteiger partial charge in [-0.25, -0.2) is 4.79 Å². The highest BCUT2D eigenvalue weighted by Crippen LogP contribution is 2.30. The zero-order valence-corrected chi connectivity index (χ0v) is 17.2. The van der Waals surface area contributed by atoms with Crippen molar-refractivity contribution in [3.63, 3.8) is 0 Å². The molecule has 29 heavy (non-hydrogen) atoms. The van der Waals surface area contributed by atoms with Crippen LogP contribution in [0, 0.1) is 24.0 Å². The number of nitrogens with one attached hydrogen (secondary N) is 1. The number of hydrogen-bond donors (Lipinski definition) is 1. The highest BCUT2D eigenvalue weighted by atomic mass is 35.5. The molecule has 2 aromatic rings.